The van der Waals surface area contributed by atoms with Crippen molar-refractivity contribution in [1.29, 1.82) is 0 Å². The predicted molar refractivity (Wildman–Crippen MR) is 185 cm³/mol. The second-order valence-electron chi connectivity index (χ2n) is 14.5. The van der Waals surface area contributed by atoms with Gasteiger partial charge >= 0.3 is 0 Å². The zero-order valence-corrected chi connectivity index (χ0v) is 28.5. The summed E-state index contributed by atoms with van der Waals surface area (Å²) in [4.78, 5) is 45.8. The van der Waals surface area contributed by atoms with Crippen LogP contribution in [0.4, 0.5) is 23.1 Å². The lowest BCUT2D eigenvalue weighted by Crippen LogP contribution is -2.45. The Balaban J connectivity index is 1.01. The number of hydrogen-bond donors (Lipinski definition) is 2. The molecular weight excluding hydrogens is 592 g/mol. The number of benzene rings is 1. The average molecular weight is 645 g/mol. The number of hydrogen-bond acceptors (Lipinski definition) is 9. The molecule has 5 aliphatic rings. The molecule has 1 spiro atoms. The van der Waals surface area contributed by atoms with Crippen molar-refractivity contribution in [2.45, 2.75) is 95.7 Å². The monoisotopic (exact) mass is 644 g/mol. The first-order chi connectivity index (χ1) is 22.9. The molecule has 3 heterocycles. The first-order valence-electron chi connectivity index (χ1n) is 18.0. The normalized spacial score (nSPS) is 25.3. The molecule has 7 rings (SSSR count). The Morgan fingerprint density at radius 1 is 1.00 bits per heavy atom. The fraction of sp³-hybridized carbons (Fsp3) is 0.667. The Kier molecular flexibility index (Phi) is 9.29. The minimum Gasteiger partial charge on any atom is -0.495 e. The second-order valence-corrected chi connectivity index (χ2v) is 14.5. The Bertz CT molecular complexity index is 1450. The number of nitrogens with zero attached hydrogens (tertiary/aromatic N) is 6. The third kappa shape index (κ3) is 6.66. The number of amides is 2. The summed E-state index contributed by atoms with van der Waals surface area (Å²) in [5, 5.41) is 6.64. The van der Waals surface area contributed by atoms with Gasteiger partial charge in [-0.15, -0.1) is 0 Å². The molecule has 1 aromatic carbocycles. The highest BCUT2D eigenvalue weighted by atomic mass is 16.5. The third-order valence-corrected chi connectivity index (χ3v) is 11.6. The highest BCUT2D eigenvalue weighted by molar-refractivity contribution is 6.03. The maximum atomic E-state index is 13.4. The van der Waals surface area contributed by atoms with E-state index in [1.54, 1.807) is 24.3 Å². The molecule has 2 N–H and O–H groups in total. The van der Waals surface area contributed by atoms with Crippen LogP contribution in [0.1, 0.15) is 87.9 Å². The van der Waals surface area contributed by atoms with Crippen molar-refractivity contribution in [1.82, 2.24) is 25.1 Å². The van der Waals surface area contributed by atoms with E-state index in [0.717, 1.165) is 89.1 Å². The fourth-order valence-corrected chi connectivity index (χ4v) is 8.43. The Morgan fingerprint density at radius 3 is 2.51 bits per heavy atom. The number of methoxy groups -OCH3 is 1. The summed E-state index contributed by atoms with van der Waals surface area (Å²) in [6, 6.07) is 6.69. The van der Waals surface area contributed by atoms with Crippen LogP contribution < -0.4 is 25.2 Å². The maximum absolute atomic E-state index is 13.4. The van der Waals surface area contributed by atoms with E-state index in [1.165, 1.54) is 32.4 Å². The number of carbonyl (C=O) groups is 2. The lowest BCUT2D eigenvalue weighted by molar-refractivity contribution is -0.122. The van der Waals surface area contributed by atoms with Crippen LogP contribution in [0.15, 0.2) is 24.4 Å². The molecule has 1 saturated heterocycles. The lowest BCUT2D eigenvalue weighted by Gasteiger charge is -2.36. The van der Waals surface area contributed by atoms with Crippen LogP contribution in [0.25, 0.3) is 0 Å². The van der Waals surface area contributed by atoms with Crippen LogP contribution in [0, 0.1) is 5.41 Å². The average Bonchev–Trinajstić information content (AvgIpc) is 3.78. The molecule has 0 atom stereocenters. The Labute approximate surface area is 279 Å². The molecule has 2 aliphatic heterocycles. The molecule has 0 bridgehead atoms. The van der Waals surface area contributed by atoms with E-state index in [4.69, 9.17) is 9.72 Å². The summed E-state index contributed by atoms with van der Waals surface area (Å²) >= 11 is 0. The lowest BCUT2D eigenvalue weighted by atomic mass is 9.89. The molecule has 11 heteroatoms. The topological polar surface area (TPSA) is 106 Å². The fourth-order valence-electron chi connectivity index (χ4n) is 8.43. The minimum absolute atomic E-state index is 0.0677. The number of carbonyl (C=O) groups excluding carboxylic acids is 2. The quantitative estimate of drug-likeness (QED) is 0.419. The third-order valence-electron chi connectivity index (χ3n) is 11.6. The van der Waals surface area contributed by atoms with E-state index in [2.05, 4.69) is 37.2 Å². The number of ether oxygens (including phenoxy) is 1. The van der Waals surface area contributed by atoms with E-state index in [9.17, 15) is 9.59 Å². The molecule has 11 nitrogen and oxygen atoms in total. The van der Waals surface area contributed by atoms with Crippen molar-refractivity contribution < 1.29 is 14.3 Å². The molecule has 3 aliphatic carbocycles. The maximum Gasteiger partial charge on any atom is 0.251 e. The van der Waals surface area contributed by atoms with Gasteiger partial charge < -0.3 is 30.1 Å². The van der Waals surface area contributed by atoms with Crippen molar-refractivity contribution in [3.8, 4) is 5.75 Å². The molecule has 2 amide bonds. The summed E-state index contributed by atoms with van der Waals surface area (Å²) in [5.74, 6) is 1.92. The number of anilines is 4. The van der Waals surface area contributed by atoms with Crippen LogP contribution in [0.2, 0.25) is 0 Å². The number of aromatic nitrogens is 2. The highest BCUT2D eigenvalue weighted by Gasteiger charge is 2.55. The van der Waals surface area contributed by atoms with Gasteiger partial charge in [-0.2, -0.15) is 4.98 Å². The van der Waals surface area contributed by atoms with Gasteiger partial charge in [-0.05, 0) is 95.6 Å². The summed E-state index contributed by atoms with van der Waals surface area (Å²) in [5.41, 5.74) is 1.73. The van der Waals surface area contributed by atoms with Crippen molar-refractivity contribution in [2.24, 2.45) is 5.41 Å². The summed E-state index contributed by atoms with van der Waals surface area (Å²) in [6.07, 6.45) is 13.8. The summed E-state index contributed by atoms with van der Waals surface area (Å²) < 4.78 is 5.74. The highest BCUT2D eigenvalue weighted by Crippen LogP contribution is 2.52. The van der Waals surface area contributed by atoms with E-state index in [0.29, 0.717) is 35.0 Å². The number of nitrogens with one attached hydrogen (secondary N) is 2. The molecule has 254 valence electrons. The van der Waals surface area contributed by atoms with E-state index in [1.807, 2.05) is 19.2 Å². The standard InChI is InChI=1S/C36H52N8O3/c1-4-42-18-7-19-43(21-20-42)27-13-11-26(12-14-27)38-33(45)25-10-15-29(31(22-25)47-3)39-35-37-23-30-32(40-35)44(28-8-5-6-9-28)24-36(16-17-36)34(46)41(30)2/h10,15,22-23,26-28H,4-9,11-14,16-21,24H2,1-3H3,(H,38,45)(H,37,39,40). The van der Waals surface area contributed by atoms with Crippen LogP contribution in [0.5, 0.6) is 5.75 Å². The Hall–Kier alpha value is -3.44. The molecule has 4 fully saturated rings. The van der Waals surface area contributed by atoms with E-state index in [-0.39, 0.29) is 23.3 Å². The molecule has 1 aromatic heterocycles. The van der Waals surface area contributed by atoms with Crippen LogP contribution in [-0.2, 0) is 4.79 Å². The molecule has 47 heavy (non-hydrogen) atoms. The van der Waals surface area contributed by atoms with Gasteiger partial charge in [0.25, 0.3) is 5.91 Å². The van der Waals surface area contributed by atoms with E-state index >= 15 is 0 Å². The number of rotatable bonds is 8. The largest absolute Gasteiger partial charge is 0.495 e. The Morgan fingerprint density at radius 2 is 1.79 bits per heavy atom. The van der Waals surface area contributed by atoms with Crippen LogP contribution >= 0.6 is 0 Å². The summed E-state index contributed by atoms with van der Waals surface area (Å²) in [6.45, 7) is 8.81. The van der Waals surface area contributed by atoms with Crippen LogP contribution in [-0.4, -0.2) is 103 Å². The number of fused-ring (bicyclic) bond motifs is 1. The van der Waals surface area contributed by atoms with Crippen molar-refractivity contribution in [3.05, 3.63) is 30.0 Å². The van der Waals surface area contributed by atoms with Gasteiger partial charge in [-0.25, -0.2) is 4.98 Å². The molecule has 0 radical (unpaired) electrons. The van der Waals surface area contributed by atoms with Gasteiger partial charge in [-0.1, -0.05) is 19.8 Å². The zero-order valence-electron chi connectivity index (χ0n) is 28.5. The van der Waals surface area contributed by atoms with Crippen molar-refractivity contribution >= 4 is 35.0 Å². The zero-order chi connectivity index (χ0) is 32.5. The molecular formula is C36H52N8O3. The molecule has 3 saturated carbocycles. The van der Waals surface area contributed by atoms with Gasteiger partial charge in [0, 0.05) is 50.4 Å². The first-order valence-corrected chi connectivity index (χ1v) is 18.0. The first kappa shape index (κ1) is 32.1. The molecule has 0 unspecified atom stereocenters. The van der Waals surface area contributed by atoms with Crippen LogP contribution in [0.3, 0.4) is 0 Å². The SMILES string of the molecule is CCN1CCCN(C2CCC(NC(=O)c3ccc(Nc4ncc5c(n4)N(C4CCCC4)CC4(CC4)C(=O)N5C)c(OC)c3)CC2)CC1. The molecule has 2 aromatic rings. The van der Waals surface area contributed by atoms with Gasteiger partial charge in [-0.3, -0.25) is 14.5 Å². The van der Waals surface area contributed by atoms with Gasteiger partial charge in [0.2, 0.25) is 11.9 Å². The smallest absolute Gasteiger partial charge is 0.251 e. The summed E-state index contributed by atoms with van der Waals surface area (Å²) in [7, 11) is 3.46. The van der Waals surface area contributed by atoms with Crippen molar-refractivity contribution in [3.63, 3.8) is 0 Å². The number of likely N-dealkylation sites (N-methyl/N-ethyl adjacent to an activating group) is 1. The van der Waals surface area contributed by atoms with Gasteiger partial charge in [0.15, 0.2) is 5.82 Å². The van der Waals surface area contributed by atoms with Crippen molar-refractivity contribution in [2.75, 3.05) is 68.5 Å². The second kappa shape index (κ2) is 13.6. The predicted octanol–water partition coefficient (Wildman–Crippen LogP) is 4.80. The van der Waals surface area contributed by atoms with Gasteiger partial charge in [0.1, 0.15) is 11.4 Å². The minimum atomic E-state index is -0.297. The van der Waals surface area contributed by atoms with E-state index < -0.39 is 0 Å². The van der Waals surface area contributed by atoms with Gasteiger partial charge in [0.05, 0.1) is 24.4 Å².